The number of rotatable bonds is 5. The van der Waals surface area contributed by atoms with Crippen molar-refractivity contribution in [3.63, 3.8) is 0 Å². The van der Waals surface area contributed by atoms with Gasteiger partial charge in [0.2, 0.25) is 0 Å². The second-order valence-corrected chi connectivity index (χ2v) is 8.06. The molecule has 0 spiro atoms. The van der Waals surface area contributed by atoms with E-state index in [4.69, 9.17) is 9.47 Å². The van der Waals surface area contributed by atoms with Crippen LogP contribution >= 0.6 is 11.8 Å². The molecule has 0 bridgehead atoms. The van der Waals surface area contributed by atoms with E-state index in [0.717, 1.165) is 11.1 Å². The van der Waals surface area contributed by atoms with Gasteiger partial charge in [0.1, 0.15) is 18.1 Å². The number of carbonyl (C=O) groups excluding carboxylic acids is 2. The van der Waals surface area contributed by atoms with Gasteiger partial charge in [-0.3, -0.25) is 0 Å². The van der Waals surface area contributed by atoms with Crippen molar-refractivity contribution in [2.24, 2.45) is 0 Å². The van der Waals surface area contributed by atoms with Crippen molar-refractivity contribution in [3.8, 4) is 0 Å². The van der Waals surface area contributed by atoms with Crippen molar-refractivity contribution in [2.45, 2.75) is 37.1 Å². The van der Waals surface area contributed by atoms with Gasteiger partial charge < -0.3 is 14.6 Å². The Hall–Kier alpha value is -2.31. The van der Waals surface area contributed by atoms with Gasteiger partial charge in [0, 0.05) is 6.42 Å². The summed E-state index contributed by atoms with van der Waals surface area (Å²) in [5, 5.41) is 9.63. The first-order chi connectivity index (χ1) is 12.9. The van der Waals surface area contributed by atoms with E-state index in [1.165, 1.54) is 11.8 Å². The third-order valence-electron chi connectivity index (χ3n) is 4.39. The van der Waals surface area contributed by atoms with Crippen molar-refractivity contribution in [1.82, 2.24) is 0 Å². The van der Waals surface area contributed by atoms with Crippen LogP contribution in [0.1, 0.15) is 38.3 Å². The minimum absolute atomic E-state index is 0.0697. The molecule has 1 saturated heterocycles. The first-order valence-electron chi connectivity index (χ1n) is 8.77. The Morgan fingerprint density at radius 1 is 0.963 bits per heavy atom. The van der Waals surface area contributed by atoms with Crippen LogP contribution in [0.2, 0.25) is 0 Å². The number of ether oxygens (including phenoxy) is 2. The lowest BCUT2D eigenvalue weighted by Gasteiger charge is -2.19. The summed E-state index contributed by atoms with van der Waals surface area (Å²) in [6.45, 7) is 3.95. The second kappa shape index (κ2) is 8.59. The van der Waals surface area contributed by atoms with Crippen LogP contribution < -0.4 is 0 Å². The summed E-state index contributed by atoms with van der Waals surface area (Å²) in [7, 11) is 0. The van der Waals surface area contributed by atoms with Crippen molar-refractivity contribution in [2.75, 3.05) is 6.61 Å². The molecule has 3 atom stereocenters. The number of hydrogen-bond acceptors (Lipinski definition) is 6. The number of thioether (sulfide) groups is 1. The molecule has 1 unspecified atom stereocenters. The Balaban J connectivity index is 1.58. The fourth-order valence-electron chi connectivity index (χ4n) is 2.79. The highest BCUT2D eigenvalue weighted by Crippen LogP contribution is 2.35. The first kappa shape index (κ1) is 19.5. The monoisotopic (exact) mass is 386 g/mol. The van der Waals surface area contributed by atoms with E-state index < -0.39 is 23.5 Å². The van der Waals surface area contributed by atoms with E-state index in [0.29, 0.717) is 17.5 Å². The Kier molecular flexibility index (Phi) is 6.19. The summed E-state index contributed by atoms with van der Waals surface area (Å²) in [6.07, 6.45) is -0.195. The van der Waals surface area contributed by atoms with Crippen molar-refractivity contribution >= 4 is 23.7 Å². The minimum atomic E-state index is -0.649. The van der Waals surface area contributed by atoms with E-state index >= 15 is 0 Å². The van der Waals surface area contributed by atoms with Gasteiger partial charge in [-0.25, -0.2) is 9.59 Å². The summed E-state index contributed by atoms with van der Waals surface area (Å²) >= 11 is 1.25. The predicted molar refractivity (Wildman–Crippen MR) is 104 cm³/mol. The standard InChI is InChI=1S/C21H22O5S/c1-13-3-7-15(8-4-13)20(23)25-12-18-17(11-19(22)27-18)26-21(24)16-9-5-14(2)6-10-16/h3-10,17-19,22H,11-12H2,1-2H3/t17-,18+,19?/m1/s1. The lowest BCUT2D eigenvalue weighted by Crippen LogP contribution is -2.29. The Labute approximate surface area is 162 Å². The molecule has 1 heterocycles. The molecule has 0 aliphatic carbocycles. The summed E-state index contributed by atoms with van der Waals surface area (Å²) in [6, 6.07) is 14.2. The SMILES string of the molecule is Cc1ccc(C(=O)OC[C@@H]2SC(O)C[C@H]2OC(=O)c2ccc(C)cc2)cc1. The Morgan fingerprint density at radius 2 is 1.48 bits per heavy atom. The van der Waals surface area contributed by atoms with Crippen LogP contribution in [0.25, 0.3) is 0 Å². The molecule has 0 aromatic heterocycles. The van der Waals surface area contributed by atoms with Crippen LogP contribution in [-0.2, 0) is 9.47 Å². The maximum atomic E-state index is 12.3. The van der Waals surface area contributed by atoms with Crippen LogP contribution in [-0.4, -0.2) is 40.4 Å². The first-order valence-corrected chi connectivity index (χ1v) is 9.71. The molecule has 6 heteroatoms. The molecule has 3 rings (SSSR count). The summed E-state index contributed by atoms with van der Waals surface area (Å²) < 4.78 is 10.9. The molecule has 2 aromatic carbocycles. The minimum Gasteiger partial charge on any atom is -0.461 e. The highest BCUT2D eigenvalue weighted by atomic mass is 32.2. The van der Waals surface area contributed by atoms with Gasteiger partial charge >= 0.3 is 11.9 Å². The van der Waals surface area contributed by atoms with Gasteiger partial charge in [-0.05, 0) is 38.1 Å². The zero-order chi connectivity index (χ0) is 19.4. The molecule has 0 amide bonds. The summed E-state index contributed by atoms with van der Waals surface area (Å²) in [5.41, 5.74) is 2.40. The largest absolute Gasteiger partial charge is 0.461 e. The lowest BCUT2D eigenvalue weighted by molar-refractivity contribution is 0.0178. The van der Waals surface area contributed by atoms with Gasteiger partial charge in [0.05, 0.1) is 16.4 Å². The molecular weight excluding hydrogens is 364 g/mol. The molecule has 5 nitrogen and oxygen atoms in total. The van der Waals surface area contributed by atoms with Crippen LogP contribution in [0.4, 0.5) is 0 Å². The van der Waals surface area contributed by atoms with E-state index in [1.54, 1.807) is 24.3 Å². The molecule has 0 saturated carbocycles. The third kappa shape index (κ3) is 5.11. The quantitative estimate of drug-likeness (QED) is 0.793. The average molecular weight is 386 g/mol. The fraction of sp³-hybridized carbons (Fsp3) is 0.333. The molecule has 2 aromatic rings. The van der Waals surface area contributed by atoms with E-state index in [9.17, 15) is 14.7 Å². The van der Waals surface area contributed by atoms with E-state index in [-0.39, 0.29) is 11.9 Å². The number of aliphatic hydroxyl groups is 1. The number of carbonyl (C=O) groups is 2. The van der Waals surface area contributed by atoms with Crippen LogP contribution in [0.3, 0.4) is 0 Å². The second-order valence-electron chi connectivity index (χ2n) is 6.64. The van der Waals surface area contributed by atoms with Crippen LogP contribution in [0.15, 0.2) is 48.5 Å². The fourth-order valence-corrected chi connectivity index (χ4v) is 3.98. The maximum absolute atomic E-state index is 12.3. The number of aliphatic hydroxyl groups excluding tert-OH is 1. The molecule has 1 fully saturated rings. The highest BCUT2D eigenvalue weighted by Gasteiger charge is 2.38. The number of benzene rings is 2. The third-order valence-corrected chi connectivity index (χ3v) is 5.69. The number of aryl methyl sites for hydroxylation is 2. The average Bonchev–Trinajstić information content (AvgIpc) is 3.00. The maximum Gasteiger partial charge on any atom is 0.338 e. The number of hydrogen-bond donors (Lipinski definition) is 1. The van der Waals surface area contributed by atoms with Crippen LogP contribution in [0.5, 0.6) is 0 Å². The zero-order valence-electron chi connectivity index (χ0n) is 15.3. The van der Waals surface area contributed by atoms with Crippen molar-refractivity contribution in [3.05, 3.63) is 70.8 Å². The molecular formula is C21H22O5S. The van der Waals surface area contributed by atoms with Crippen molar-refractivity contribution in [1.29, 1.82) is 0 Å². The molecule has 1 N–H and O–H groups in total. The smallest absolute Gasteiger partial charge is 0.338 e. The predicted octanol–water partition coefficient (Wildman–Crippen LogP) is 3.51. The number of esters is 2. The van der Waals surface area contributed by atoms with Gasteiger partial charge in [-0.1, -0.05) is 35.4 Å². The highest BCUT2D eigenvalue weighted by molar-refractivity contribution is 8.00. The summed E-state index contributed by atoms with van der Waals surface area (Å²) in [4.78, 5) is 24.5. The Morgan fingerprint density at radius 3 is 2.04 bits per heavy atom. The lowest BCUT2D eigenvalue weighted by atomic mass is 10.1. The van der Waals surface area contributed by atoms with Gasteiger partial charge in [0.15, 0.2) is 0 Å². The topological polar surface area (TPSA) is 72.8 Å². The van der Waals surface area contributed by atoms with Crippen molar-refractivity contribution < 1.29 is 24.2 Å². The molecule has 27 heavy (non-hydrogen) atoms. The molecule has 1 aliphatic heterocycles. The normalized spacial score (nSPS) is 21.7. The van der Waals surface area contributed by atoms with Gasteiger partial charge in [-0.2, -0.15) is 0 Å². The molecule has 0 radical (unpaired) electrons. The molecule has 142 valence electrons. The van der Waals surface area contributed by atoms with Gasteiger partial charge in [-0.15, -0.1) is 11.8 Å². The van der Waals surface area contributed by atoms with E-state index in [1.807, 2.05) is 38.1 Å². The van der Waals surface area contributed by atoms with Crippen LogP contribution in [0, 0.1) is 13.8 Å². The molecule has 1 aliphatic rings. The summed E-state index contributed by atoms with van der Waals surface area (Å²) in [5.74, 6) is -0.870. The Bertz CT molecular complexity index is 800. The zero-order valence-corrected chi connectivity index (χ0v) is 16.1. The van der Waals surface area contributed by atoms with E-state index in [2.05, 4.69) is 0 Å². The van der Waals surface area contributed by atoms with Gasteiger partial charge in [0.25, 0.3) is 0 Å².